The molecule has 0 aliphatic carbocycles. The van der Waals surface area contributed by atoms with Crippen LogP contribution >= 0.6 is 15.9 Å². The van der Waals surface area contributed by atoms with E-state index in [1.807, 2.05) is 24.3 Å². The van der Waals surface area contributed by atoms with Crippen LogP contribution in [0, 0.1) is 0 Å². The summed E-state index contributed by atoms with van der Waals surface area (Å²) in [4.78, 5) is 19.2. The first-order valence-corrected chi connectivity index (χ1v) is 10.3. The second-order valence-corrected chi connectivity index (χ2v) is 7.73. The second kappa shape index (κ2) is 8.74. The first-order chi connectivity index (χ1) is 14.6. The monoisotopic (exact) mass is 472 g/mol. The van der Waals surface area contributed by atoms with Crippen LogP contribution < -0.4 is 14.8 Å². The number of carbonyl (C=O) groups excluding carboxylic acids is 1. The van der Waals surface area contributed by atoms with Crippen molar-refractivity contribution in [2.75, 3.05) is 26.1 Å². The summed E-state index contributed by atoms with van der Waals surface area (Å²) in [5.74, 6) is 2.10. The molecule has 2 heterocycles. The van der Waals surface area contributed by atoms with Gasteiger partial charge in [-0.15, -0.1) is 0 Å². The molecule has 30 heavy (non-hydrogen) atoms. The fourth-order valence-electron chi connectivity index (χ4n) is 3.44. The predicted octanol–water partition coefficient (Wildman–Crippen LogP) is 4.89. The lowest BCUT2D eigenvalue weighted by Crippen LogP contribution is -2.34. The minimum absolute atomic E-state index is 0.246. The number of ether oxygens (including phenoxy) is 2. The quantitative estimate of drug-likeness (QED) is 0.568. The van der Waals surface area contributed by atoms with Crippen molar-refractivity contribution in [2.24, 2.45) is 0 Å². The standard InChI is InChI=1S/C21H21BrN4O4/c1-28-15-9-10-16(18(12-15)29-2)23-21(27)26-11-3-4-17(26)20-24-19(25-30-20)13-5-7-14(22)8-6-13/h5-10,12,17H,3-4,11H2,1-2H3,(H,23,27). The first-order valence-electron chi connectivity index (χ1n) is 9.48. The molecule has 9 heteroatoms. The normalized spacial score (nSPS) is 15.8. The van der Waals surface area contributed by atoms with Crippen LogP contribution in [0.4, 0.5) is 10.5 Å². The SMILES string of the molecule is COc1ccc(NC(=O)N2CCCC2c2nc(-c3ccc(Br)cc3)no2)c(OC)c1. The predicted molar refractivity (Wildman–Crippen MR) is 115 cm³/mol. The van der Waals surface area contributed by atoms with Gasteiger partial charge in [-0.25, -0.2) is 4.79 Å². The van der Waals surface area contributed by atoms with Crippen LogP contribution in [0.1, 0.15) is 24.8 Å². The highest BCUT2D eigenvalue weighted by Crippen LogP contribution is 2.34. The summed E-state index contributed by atoms with van der Waals surface area (Å²) in [6.45, 7) is 0.602. The van der Waals surface area contributed by atoms with Crippen molar-refractivity contribution in [1.82, 2.24) is 15.0 Å². The van der Waals surface area contributed by atoms with Gasteiger partial charge in [-0.1, -0.05) is 21.1 Å². The van der Waals surface area contributed by atoms with Crippen molar-refractivity contribution >= 4 is 27.6 Å². The van der Waals surface area contributed by atoms with Crippen LogP contribution in [-0.4, -0.2) is 41.8 Å². The highest BCUT2D eigenvalue weighted by atomic mass is 79.9. The summed E-state index contributed by atoms with van der Waals surface area (Å²) in [5, 5.41) is 7.00. The van der Waals surface area contributed by atoms with Gasteiger partial charge in [0.05, 0.1) is 19.9 Å². The van der Waals surface area contributed by atoms with Crippen LogP contribution in [0.15, 0.2) is 51.5 Å². The number of nitrogens with zero attached hydrogens (tertiary/aromatic N) is 3. The van der Waals surface area contributed by atoms with Crippen molar-refractivity contribution in [3.05, 3.63) is 52.8 Å². The van der Waals surface area contributed by atoms with Gasteiger partial charge >= 0.3 is 6.03 Å². The van der Waals surface area contributed by atoms with Gasteiger partial charge in [0, 0.05) is 22.6 Å². The van der Waals surface area contributed by atoms with E-state index >= 15 is 0 Å². The number of methoxy groups -OCH3 is 2. The lowest BCUT2D eigenvalue weighted by Gasteiger charge is -2.23. The van der Waals surface area contributed by atoms with E-state index in [-0.39, 0.29) is 12.1 Å². The van der Waals surface area contributed by atoms with Gasteiger partial charge < -0.3 is 24.2 Å². The fraction of sp³-hybridized carbons (Fsp3) is 0.286. The van der Waals surface area contributed by atoms with Gasteiger partial charge in [-0.05, 0) is 49.2 Å². The molecule has 1 saturated heterocycles. The van der Waals surface area contributed by atoms with Crippen LogP contribution in [-0.2, 0) is 0 Å². The molecule has 0 bridgehead atoms. The molecule has 1 aliphatic heterocycles. The number of anilines is 1. The molecule has 2 aromatic carbocycles. The summed E-state index contributed by atoms with van der Waals surface area (Å²) >= 11 is 3.41. The number of halogens is 1. The van der Waals surface area contributed by atoms with E-state index < -0.39 is 0 Å². The minimum atomic E-state index is -0.272. The summed E-state index contributed by atoms with van der Waals surface area (Å²) in [6, 6.07) is 12.4. The van der Waals surface area contributed by atoms with E-state index in [1.54, 1.807) is 37.3 Å². The first kappa shape index (κ1) is 20.2. The van der Waals surface area contributed by atoms with Crippen molar-refractivity contribution < 1.29 is 18.8 Å². The Morgan fingerprint density at radius 2 is 2.00 bits per heavy atom. The Balaban J connectivity index is 1.51. The molecule has 1 atom stereocenters. The van der Waals surface area contributed by atoms with Gasteiger partial charge in [0.15, 0.2) is 0 Å². The van der Waals surface area contributed by atoms with Crippen LogP contribution in [0.25, 0.3) is 11.4 Å². The van der Waals surface area contributed by atoms with Crippen molar-refractivity contribution in [3.63, 3.8) is 0 Å². The highest BCUT2D eigenvalue weighted by Gasteiger charge is 2.34. The number of rotatable bonds is 5. The second-order valence-electron chi connectivity index (χ2n) is 6.81. The molecular formula is C21H21BrN4O4. The van der Waals surface area contributed by atoms with Gasteiger partial charge in [0.2, 0.25) is 11.7 Å². The van der Waals surface area contributed by atoms with E-state index in [2.05, 4.69) is 31.4 Å². The molecule has 1 N–H and O–H groups in total. The molecule has 4 rings (SSSR count). The maximum absolute atomic E-state index is 13.0. The Hall–Kier alpha value is -3.07. The Kier molecular flexibility index (Phi) is 5.89. The van der Waals surface area contributed by atoms with E-state index in [1.165, 1.54) is 0 Å². The van der Waals surface area contributed by atoms with Gasteiger partial charge in [-0.3, -0.25) is 0 Å². The Bertz CT molecular complexity index is 1040. The zero-order valence-corrected chi connectivity index (χ0v) is 18.2. The van der Waals surface area contributed by atoms with E-state index in [4.69, 9.17) is 14.0 Å². The molecule has 1 unspecified atom stereocenters. The van der Waals surface area contributed by atoms with Crippen molar-refractivity contribution in [3.8, 4) is 22.9 Å². The number of hydrogen-bond donors (Lipinski definition) is 1. The smallest absolute Gasteiger partial charge is 0.322 e. The van der Waals surface area contributed by atoms with E-state index in [0.29, 0.717) is 35.4 Å². The molecule has 8 nitrogen and oxygen atoms in total. The molecule has 1 aromatic heterocycles. The van der Waals surface area contributed by atoms with Crippen LogP contribution in [0.5, 0.6) is 11.5 Å². The summed E-state index contributed by atoms with van der Waals surface area (Å²) in [5.41, 5.74) is 1.42. The number of aromatic nitrogens is 2. The summed E-state index contributed by atoms with van der Waals surface area (Å²) < 4.78 is 17.0. The van der Waals surface area contributed by atoms with Gasteiger partial charge in [0.1, 0.15) is 17.5 Å². The number of hydrogen-bond acceptors (Lipinski definition) is 6. The largest absolute Gasteiger partial charge is 0.497 e. The number of benzene rings is 2. The highest BCUT2D eigenvalue weighted by molar-refractivity contribution is 9.10. The molecule has 1 aliphatic rings. The summed E-state index contributed by atoms with van der Waals surface area (Å²) in [7, 11) is 3.12. The fourth-order valence-corrected chi connectivity index (χ4v) is 3.71. The third-order valence-electron chi connectivity index (χ3n) is 4.99. The Morgan fingerprint density at radius 3 is 2.73 bits per heavy atom. The van der Waals surface area contributed by atoms with E-state index in [0.717, 1.165) is 22.9 Å². The average molecular weight is 473 g/mol. The van der Waals surface area contributed by atoms with Crippen molar-refractivity contribution in [1.29, 1.82) is 0 Å². The van der Waals surface area contributed by atoms with E-state index in [9.17, 15) is 4.79 Å². The Morgan fingerprint density at radius 1 is 1.20 bits per heavy atom. The topological polar surface area (TPSA) is 89.7 Å². The lowest BCUT2D eigenvalue weighted by molar-refractivity contribution is 0.193. The maximum Gasteiger partial charge on any atom is 0.322 e. The third kappa shape index (κ3) is 4.11. The molecule has 0 spiro atoms. The number of nitrogens with one attached hydrogen (secondary N) is 1. The van der Waals surface area contributed by atoms with Crippen LogP contribution in [0.2, 0.25) is 0 Å². The van der Waals surface area contributed by atoms with Gasteiger partial charge in [0.25, 0.3) is 0 Å². The average Bonchev–Trinajstić information content (AvgIpc) is 3.44. The lowest BCUT2D eigenvalue weighted by atomic mass is 10.2. The third-order valence-corrected chi connectivity index (χ3v) is 5.52. The zero-order valence-electron chi connectivity index (χ0n) is 16.6. The summed E-state index contributed by atoms with van der Waals surface area (Å²) in [6.07, 6.45) is 1.61. The Labute approximate surface area is 182 Å². The number of likely N-dealkylation sites (tertiary alicyclic amines) is 1. The minimum Gasteiger partial charge on any atom is -0.497 e. The molecular weight excluding hydrogens is 452 g/mol. The molecule has 156 valence electrons. The maximum atomic E-state index is 13.0. The van der Waals surface area contributed by atoms with Crippen molar-refractivity contribution in [2.45, 2.75) is 18.9 Å². The number of amides is 2. The zero-order chi connectivity index (χ0) is 21.1. The molecule has 0 radical (unpaired) electrons. The van der Waals surface area contributed by atoms with Gasteiger partial charge in [-0.2, -0.15) is 4.98 Å². The molecule has 0 saturated carbocycles. The van der Waals surface area contributed by atoms with Crippen LogP contribution in [0.3, 0.4) is 0 Å². The molecule has 1 fully saturated rings. The number of carbonyl (C=O) groups is 1. The molecule has 2 amide bonds. The number of urea groups is 1. The molecule has 3 aromatic rings.